The normalized spacial score (nSPS) is 14.2. The maximum atomic E-state index is 11.1. The summed E-state index contributed by atoms with van der Waals surface area (Å²) in [6.07, 6.45) is 0.881. The molecule has 2 unspecified atom stereocenters. The molecule has 1 aromatic rings. The van der Waals surface area contributed by atoms with E-state index in [4.69, 9.17) is 23.2 Å². The summed E-state index contributed by atoms with van der Waals surface area (Å²) >= 11 is 11.8. The van der Waals surface area contributed by atoms with Gasteiger partial charge in [-0.05, 0) is 19.0 Å². The van der Waals surface area contributed by atoms with Crippen LogP contribution in [-0.2, 0) is 0 Å². The Morgan fingerprint density at radius 1 is 1.32 bits per heavy atom. The molecule has 19 heavy (non-hydrogen) atoms. The fourth-order valence-electron chi connectivity index (χ4n) is 2.23. The van der Waals surface area contributed by atoms with Gasteiger partial charge in [0.05, 0.1) is 15.0 Å². The standard InChI is InChI=1S/C13H18Cl2N2O2/c1-4-12(16-5-2)8(3)9-6-10(14)11(15)7-13(9)17(18)19/h6-8,12,16H,4-5H2,1-3H3. The van der Waals surface area contributed by atoms with E-state index < -0.39 is 4.92 Å². The largest absolute Gasteiger partial charge is 0.314 e. The highest BCUT2D eigenvalue weighted by Crippen LogP contribution is 2.36. The lowest BCUT2D eigenvalue weighted by molar-refractivity contribution is -0.385. The van der Waals surface area contributed by atoms with E-state index in [-0.39, 0.29) is 22.7 Å². The van der Waals surface area contributed by atoms with E-state index in [1.165, 1.54) is 6.07 Å². The molecule has 0 saturated heterocycles. The van der Waals surface area contributed by atoms with Gasteiger partial charge in [0.25, 0.3) is 5.69 Å². The van der Waals surface area contributed by atoms with Gasteiger partial charge in [-0.2, -0.15) is 0 Å². The van der Waals surface area contributed by atoms with Crippen LogP contribution in [0.2, 0.25) is 10.0 Å². The summed E-state index contributed by atoms with van der Waals surface area (Å²) in [5.41, 5.74) is 0.644. The van der Waals surface area contributed by atoms with Crippen molar-refractivity contribution < 1.29 is 4.92 Å². The molecule has 0 aliphatic carbocycles. The van der Waals surface area contributed by atoms with Crippen molar-refractivity contribution in [1.82, 2.24) is 5.32 Å². The molecule has 4 nitrogen and oxygen atoms in total. The number of nitrogens with one attached hydrogen (secondary N) is 1. The first-order chi connectivity index (χ1) is 8.92. The van der Waals surface area contributed by atoms with E-state index in [9.17, 15) is 10.1 Å². The lowest BCUT2D eigenvalue weighted by atomic mass is 9.90. The third-order valence-electron chi connectivity index (χ3n) is 3.27. The Labute approximate surface area is 123 Å². The van der Waals surface area contributed by atoms with E-state index in [2.05, 4.69) is 5.32 Å². The first-order valence-corrected chi connectivity index (χ1v) is 7.04. The average Bonchev–Trinajstić information content (AvgIpc) is 2.37. The highest BCUT2D eigenvalue weighted by Gasteiger charge is 2.25. The van der Waals surface area contributed by atoms with Crippen LogP contribution < -0.4 is 5.32 Å². The number of nitrogens with zero attached hydrogens (tertiary/aromatic N) is 1. The molecule has 2 atom stereocenters. The van der Waals surface area contributed by atoms with Gasteiger partial charge in [-0.1, -0.05) is 44.0 Å². The van der Waals surface area contributed by atoms with E-state index in [0.717, 1.165) is 13.0 Å². The van der Waals surface area contributed by atoms with Crippen LogP contribution in [0.25, 0.3) is 0 Å². The molecule has 0 aromatic heterocycles. The zero-order valence-corrected chi connectivity index (χ0v) is 12.8. The van der Waals surface area contributed by atoms with E-state index in [1.54, 1.807) is 6.07 Å². The Balaban J connectivity index is 3.23. The SMILES string of the molecule is CCNC(CC)C(C)c1cc(Cl)c(Cl)cc1[N+](=O)[O-]. The number of hydrogen-bond donors (Lipinski definition) is 1. The number of rotatable bonds is 6. The molecule has 0 heterocycles. The van der Waals surface area contributed by atoms with Crippen LogP contribution in [0, 0.1) is 10.1 Å². The molecule has 0 aliphatic heterocycles. The van der Waals surface area contributed by atoms with Crippen molar-refractivity contribution in [3.63, 3.8) is 0 Å². The first-order valence-electron chi connectivity index (χ1n) is 6.29. The lowest BCUT2D eigenvalue weighted by Gasteiger charge is -2.24. The summed E-state index contributed by atoms with van der Waals surface area (Å²) in [6.45, 7) is 6.84. The van der Waals surface area contributed by atoms with Gasteiger partial charge in [-0.25, -0.2) is 0 Å². The number of nitro benzene ring substituents is 1. The Kier molecular flexibility index (Phi) is 6.04. The topological polar surface area (TPSA) is 55.2 Å². The minimum atomic E-state index is -0.410. The van der Waals surface area contributed by atoms with Gasteiger partial charge >= 0.3 is 0 Å². The highest BCUT2D eigenvalue weighted by atomic mass is 35.5. The second-order valence-electron chi connectivity index (χ2n) is 4.44. The van der Waals surface area contributed by atoms with Crippen molar-refractivity contribution >= 4 is 28.9 Å². The fourth-order valence-corrected chi connectivity index (χ4v) is 2.56. The summed E-state index contributed by atoms with van der Waals surface area (Å²) in [4.78, 5) is 10.7. The van der Waals surface area contributed by atoms with Crippen molar-refractivity contribution in [2.75, 3.05) is 6.54 Å². The maximum Gasteiger partial charge on any atom is 0.274 e. The summed E-state index contributed by atoms with van der Waals surface area (Å²) in [5.74, 6) is -0.0138. The Bertz CT molecular complexity index is 466. The highest BCUT2D eigenvalue weighted by molar-refractivity contribution is 6.42. The molecular weight excluding hydrogens is 287 g/mol. The quantitative estimate of drug-likeness (QED) is 0.626. The smallest absolute Gasteiger partial charge is 0.274 e. The summed E-state index contributed by atoms with van der Waals surface area (Å²) in [7, 11) is 0. The third kappa shape index (κ3) is 3.81. The number of nitro groups is 1. The Hall–Kier alpha value is -0.840. The van der Waals surface area contributed by atoms with Crippen LogP contribution in [0.1, 0.15) is 38.7 Å². The molecule has 0 amide bonds. The second kappa shape index (κ2) is 7.08. The Morgan fingerprint density at radius 3 is 2.37 bits per heavy atom. The summed E-state index contributed by atoms with van der Waals surface area (Å²) < 4.78 is 0. The molecule has 0 radical (unpaired) electrons. The molecule has 1 aromatic carbocycles. The van der Waals surface area contributed by atoms with Gasteiger partial charge in [0.15, 0.2) is 0 Å². The molecule has 0 spiro atoms. The van der Waals surface area contributed by atoms with Crippen molar-refractivity contribution in [2.24, 2.45) is 0 Å². The molecule has 1 N–H and O–H groups in total. The van der Waals surface area contributed by atoms with Gasteiger partial charge in [0.2, 0.25) is 0 Å². The van der Waals surface area contributed by atoms with E-state index in [0.29, 0.717) is 10.6 Å². The van der Waals surface area contributed by atoms with Crippen LogP contribution >= 0.6 is 23.2 Å². The molecule has 0 fully saturated rings. The van der Waals surface area contributed by atoms with Crippen molar-refractivity contribution in [2.45, 2.75) is 39.2 Å². The minimum absolute atomic E-state index is 0.0138. The molecule has 106 valence electrons. The fraction of sp³-hybridized carbons (Fsp3) is 0.538. The van der Waals surface area contributed by atoms with Crippen LogP contribution in [-0.4, -0.2) is 17.5 Å². The average molecular weight is 305 g/mol. The summed E-state index contributed by atoms with van der Waals surface area (Å²) in [5, 5.41) is 15.0. The van der Waals surface area contributed by atoms with E-state index in [1.807, 2.05) is 20.8 Å². The predicted octanol–water partition coefficient (Wildman–Crippen LogP) is 4.39. The van der Waals surface area contributed by atoms with Crippen molar-refractivity contribution in [3.8, 4) is 0 Å². The molecule has 0 saturated carbocycles. The van der Waals surface area contributed by atoms with Gasteiger partial charge in [-0.3, -0.25) is 10.1 Å². The van der Waals surface area contributed by atoms with Gasteiger partial charge in [0, 0.05) is 23.6 Å². The first kappa shape index (κ1) is 16.2. The van der Waals surface area contributed by atoms with Crippen LogP contribution in [0.4, 0.5) is 5.69 Å². The monoisotopic (exact) mass is 304 g/mol. The van der Waals surface area contributed by atoms with Gasteiger partial charge in [0.1, 0.15) is 0 Å². The number of hydrogen-bond acceptors (Lipinski definition) is 3. The van der Waals surface area contributed by atoms with Crippen LogP contribution in [0.5, 0.6) is 0 Å². The van der Waals surface area contributed by atoms with E-state index >= 15 is 0 Å². The number of benzene rings is 1. The zero-order chi connectivity index (χ0) is 14.6. The molecule has 6 heteroatoms. The lowest BCUT2D eigenvalue weighted by Crippen LogP contribution is -2.33. The van der Waals surface area contributed by atoms with Crippen molar-refractivity contribution in [3.05, 3.63) is 37.9 Å². The molecule has 0 bridgehead atoms. The molecule has 1 rings (SSSR count). The molecule has 0 aliphatic rings. The maximum absolute atomic E-state index is 11.1. The van der Waals surface area contributed by atoms with Crippen LogP contribution in [0.3, 0.4) is 0 Å². The van der Waals surface area contributed by atoms with Crippen LogP contribution in [0.15, 0.2) is 12.1 Å². The Morgan fingerprint density at radius 2 is 1.89 bits per heavy atom. The van der Waals surface area contributed by atoms with Gasteiger partial charge < -0.3 is 5.32 Å². The predicted molar refractivity (Wildman–Crippen MR) is 79.3 cm³/mol. The summed E-state index contributed by atoms with van der Waals surface area (Å²) in [6, 6.07) is 3.10. The zero-order valence-electron chi connectivity index (χ0n) is 11.2. The minimum Gasteiger partial charge on any atom is -0.314 e. The third-order valence-corrected chi connectivity index (χ3v) is 3.99. The van der Waals surface area contributed by atoms with Gasteiger partial charge in [-0.15, -0.1) is 0 Å². The number of halogens is 2. The number of likely N-dealkylation sites (N-methyl/N-ethyl adjacent to an activating group) is 1. The second-order valence-corrected chi connectivity index (χ2v) is 5.26. The molecular formula is C13H18Cl2N2O2. The van der Waals surface area contributed by atoms with Crippen molar-refractivity contribution in [1.29, 1.82) is 0 Å².